The summed E-state index contributed by atoms with van der Waals surface area (Å²) in [6.07, 6.45) is -10.5. The Morgan fingerprint density at radius 1 is 0.647 bits per heavy atom. The Bertz CT molecular complexity index is 2390. The Morgan fingerprint density at radius 2 is 1.10 bits per heavy atom. The predicted molar refractivity (Wildman–Crippen MR) is 248 cm³/mol. The molecule has 2 aliphatic rings. The molecule has 3 amide bonds. The van der Waals surface area contributed by atoms with Crippen molar-refractivity contribution in [2.45, 2.75) is 114 Å². The summed E-state index contributed by atoms with van der Waals surface area (Å²) in [6, 6.07) is 41.4. The number of carbonyl (C=O) groups is 3. The Labute approximate surface area is 394 Å². The van der Waals surface area contributed by atoms with Crippen LogP contribution in [-0.2, 0) is 61.4 Å². The van der Waals surface area contributed by atoms with Gasteiger partial charge in [-0.3, -0.25) is 4.90 Å². The highest BCUT2D eigenvalue weighted by Crippen LogP contribution is 2.34. The lowest BCUT2D eigenvalue weighted by molar-refractivity contribution is -0.272. The molecule has 2 fully saturated rings. The molecule has 356 valence electrons. The number of alkyl carbamates (subject to hydrolysis) is 2. The minimum Gasteiger partial charge on any atom is -0.445 e. The van der Waals surface area contributed by atoms with Gasteiger partial charge in [0.1, 0.15) is 44.2 Å². The lowest BCUT2D eigenvalue weighted by Gasteiger charge is -2.49. The molecule has 1 aliphatic carbocycles. The van der Waals surface area contributed by atoms with Gasteiger partial charge in [0.15, 0.2) is 6.29 Å². The Morgan fingerprint density at radius 3 is 1.60 bits per heavy atom. The van der Waals surface area contributed by atoms with Crippen LogP contribution in [0.4, 0.5) is 14.4 Å². The number of carbonyl (C=O) groups excluding carboxylic acids is 3. The molecular weight excluding hydrogens is 873 g/mol. The Hall–Kier alpha value is -6.98. The van der Waals surface area contributed by atoms with Crippen LogP contribution in [0.3, 0.4) is 0 Å². The summed E-state index contributed by atoms with van der Waals surface area (Å²) >= 11 is 0. The van der Waals surface area contributed by atoms with Crippen LogP contribution >= 0.6 is 0 Å². The van der Waals surface area contributed by atoms with E-state index in [9.17, 15) is 30.1 Å². The van der Waals surface area contributed by atoms with Crippen LogP contribution in [0.2, 0.25) is 0 Å². The first kappa shape index (κ1) is 48.9. The van der Waals surface area contributed by atoms with E-state index in [0.717, 1.165) is 16.7 Å². The van der Waals surface area contributed by atoms with E-state index in [-0.39, 0.29) is 39.4 Å². The predicted octanol–water partition coefficient (Wildman–Crippen LogP) is 7.69. The minimum atomic E-state index is -1.83. The zero-order valence-electron chi connectivity index (χ0n) is 37.5. The summed E-state index contributed by atoms with van der Waals surface area (Å²) in [7, 11) is 0. The molecule has 0 spiro atoms. The third kappa shape index (κ3) is 13.6. The van der Waals surface area contributed by atoms with E-state index < -0.39 is 79.3 Å². The second kappa shape index (κ2) is 24.7. The van der Waals surface area contributed by atoms with Crippen molar-refractivity contribution in [1.82, 2.24) is 15.5 Å². The van der Waals surface area contributed by atoms with E-state index in [1.54, 1.807) is 53.4 Å². The molecule has 68 heavy (non-hydrogen) atoms. The maximum absolute atomic E-state index is 13.9. The average Bonchev–Trinajstić information content (AvgIpc) is 3.38. The monoisotopic (exact) mass is 928 g/mol. The Kier molecular flexibility index (Phi) is 17.8. The summed E-state index contributed by atoms with van der Waals surface area (Å²) in [6.45, 7) is 1.75. The van der Waals surface area contributed by atoms with Crippen LogP contribution < -0.4 is 10.6 Å². The van der Waals surface area contributed by atoms with E-state index in [1.165, 1.54) is 0 Å². The summed E-state index contributed by atoms with van der Waals surface area (Å²) in [5.41, 5.74) is 13.5. The van der Waals surface area contributed by atoms with Crippen molar-refractivity contribution >= 4 is 18.3 Å². The molecular formula is C51H56N6O11. The van der Waals surface area contributed by atoms with Crippen LogP contribution in [0.5, 0.6) is 0 Å². The molecule has 1 saturated carbocycles. The van der Waals surface area contributed by atoms with Crippen LogP contribution in [0.25, 0.3) is 10.4 Å². The molecule has 0 radical (unpaired) electrons. The molecule has 5 aromatic rings. The summed E-state index contributed by atoms with van der Waals surface area (Å²) in [5, 5.41) is 33.5. The van der Waals surface area contributed by atoms with Crippen molar-refractivity contribution < 1.29 is 53.0 Å². The minimum absolute atomic E-state index is 0.0338. The molecule has 10 atom stereocenters. The van der Waals surface area contributed by atoms with Gasteiger partial charge in [0, 0.05) is 11.5 Å². The number of aliphatic hydroxyl groups is 2. The van der Waals surface area contributed by atoms with Gasteiger partial charge < -0.3 is 49.3 Å². The van der Waals surface area contributed by atoms with E-state index >= 15 is 0 Å². The molecule has 17 heteroatoms. The number of benzene rings is 5. The molecule has 1 heterocycles. The van der Waals surface area contributed by atoms with Crippen LogP contribution in [0, 0.1) is 0 Å². The molecule has 5 aromatic carbocycles. The lowest BCUT2D eigenvalue weighted by Crippen LogP contribution is -2.73. The van der Waals surface area contributed by atoms with E-state index in [0.29, 0.717) is 17.5 Å². The van der Waals surface area contributed by atoms with Crippen LogP contribution in [0.1, 0.15) is 47.6 Å². The molecule has 1 aliphatic heterocycles. The SMILES string of the molecule is C[C@H]([C@@H]1CC[C@@H](N=[N+]=[N-])[C@@H](O[C@H]2[C@H](O)[C@@H](O)[C@H](NC(=O)OCc3ccccc3)[C@@H](OCc3ccccc3)[C@@H]2NC(=O)OCc2ccccc2)O1)N(Cc1ccccc1)C(=O)OCc1ccccc1. The third-order valence-electron chi connectivity index (χ3n) is 11.9. The van der Waals surface area contributed by atoms with E-state index in [2.05, 4.69) is 20.7 Å². The number of ether oxygens (including phenoxy) is 6. The van der Waals surface area contributed by atoms with Crippen molar-refractivity contribution in [2.75, 3.05) is 0 Å². The van der Waals surface area contributed by atoms with Gasteiger partial charge in [-0.2, -0.15) is 0 Å². The van der Waals surface area contributed by atoms with Crippen molar-refractivity contribution in [1.29, 1.82) is 0 Å². The number of amides is 3. The first-order chi connectivity index (χ1) is 33.2. The van der Waals surface area contributed by atoms with Gasteiger partial charge in [0.25, 0.3) is 0 Å². The molecule has 0 unspecified atom stereocenters. The molecule has 1 saturated heterocycles. The maximum Gasteiger partial charge on any atom is 0.410 e. The fourth-order valence-corrected chi connectivity index (χ4v) is 8.27. The first-order valence-corrected chi connectivity index (χ1v) is 22.5. The standard InChI is InChI=1S/C51H56N6O11/c1-34(57(29-35-17-7-2-8-18-35)51(62)66-33-39-25-15-6-16-26-39)41-28-27-40(55-56-52)48(67-41)68-47-43(54-50(61)65-32-38-23-13-5-14-24-38)46(63-30-36-19-9-3-10-20-36)42(44(58)45(47)59)53-49(60)64-31-37-21-11-4-12-22-37/h2-26,34,40-48,58-59H,27-33H2,1H3,(H,53,60)(H,54,61)/t34-,40-,41+,42+,43+,44+,45-,46-,47-,48-/m1/s1. The highest BCUT2D eigenvalue weighted by atomic mass is 16.7. The van der Waals surface area contributed by atoms with Gasteiger partial charge in [-0.05, 0) is 53.1 Å². The first-order valence-electron chi connectivity index (χ1n) is 22.5. The van der Waals surface area contributed by atoms with Gasteiger partial charge in [0.2, 0.25) is 0 Å². The smallest absolute Gasteiger partial charge is 0.410 e. The van der Waals surface area contributed by atoms with E-state index in [4.69, 9.17) is 28.4 Å². The number of nitrogens with zero attached hydrogens (tertiary/aromatic N) is 4. The lowest BCUT2D eigenvalue weighted by atomic mass is 9.81. The van der Waals surface area contributed by atoms with Gasteiger partial charge in [-0.15, -0.1) is 0 Å². The molecule has 0 aromatic heterocycles. The average molecular weight is 929 g/mol. The third-order valence-corrected chi connectivity index (χ3v) is 11.9. The second-order valence-corrected chi connectivity index (χ2v) is 16.6. The fourth-order valence-electron chi connectivity index (χ4n) is 8.27. The molecule has 7 rings (SSSR count). The quantitative estimate of drug-likeness (QED) is 0.0289. The van der Waals surface area contributed by atoms with Crippen LogP contribution in [-0.4, -0.2) is 94.4 Å². The highest BCUT2D eigenvalue weighted by Gasteiger charge is 2.54. The van der Waals surface area contributed by atoms with Crippen molar-refractivity contribution in [2.24, 2.45) is 5.11 Å². The topological polar surface area (TPSA) is 223 Å². The van der Waals surface area contributed by atoms with Gasteiger partial charge in [-0.1, -0.05) is 157 Å². The van der Waals surface area contributed by atoms with Gasteiger partial charge >= 0.3 is 18.3 Å². The second-order valence-electron chi connectivity index (χ2n) is 16.6. The largest absolute Gasteiger partial charge is 0.445 e. The normalized spacial score (nSPS) is 23.7. The fraction of sp³-hybridized carbons (Fsp3) is 0.353. The number of azide groups is 1. The highest BCUT2D eigenvalue weighted by molar-refractivity contribution is 5.69. The number of rotatable bonds is 18. The summed E-state index contributed by atoms with van der Waals surface area (Å²) in [4.78, 5) is 45.8. The van der Waals surface area contributed by atoms with Gasteiger partial charge in [0.05, 0.1) is 36.9 Å². The van der Waals surface area contributed by atoms with Crippen molar-refractivity contribution in [3.63, 3.8) is 0 Å². The Balaban J connectivity index is 1.17. The molecule has 0 bridgehead atoms. The van der Waals surface area contributed by atoms with E-state index in [1.807, 2.05) is 110 Å². The maximum atomic E-state index is 13.9. The zero-order chi connectivity index (χ0) is 47.7. The summed E-state index contributed by atoms with van der Waals surface area (Å²) < 4.78 is 36.7. The summed E-state index contributed by atoms with van der Waals surface area (Å²) in [5.74, 6) is 0. The number of hydrogen-bond donors (Lipinski definition) is 4. The number of aliphatic hydroxyl groups excluding tert-OH is 2. The van der Waals surface area contributed by atoms with Crippen molar-refractivity contribution in [3.05, 3.63) is 190 Å². The van der Waals surface area contributed by atoms with Crippen LogP contribution in [0.15, 0.2) is 157 Å². The molecule has 4 N–H and O–H groups in total. The number of hydrogen-bond acceptors (Lipinski definition) is 12. The van der Waals surface area contributed by atoms with Crippen molar-refractivity contribution in [3.8, 4) is 0 Å². The number of nitrogens with one attached hydrogen (secondary N) is 2. The van der Waals surface area contributed by atoms with Gasteiger partial charge in [-0.25, -0.2) is 14.4 Å². The molecule has 17 nitrogen and oxygen atoms in total. The zero-order valence-corrected chi connectivity index (χ0v) is 37.5.